The van der Waals surface area contributed by atoms with E-state index in [1.807, 2.05) is 12.1 Å². The molecule has 1 aromatic carbocycles. The highest BCUT2D eigenvalue weighted by Gasteiger charge is 2.33. The van der Waals surface area contributed by atoms with Crippen molar-refractivity contribution in [3.8, 4) is 0 Å². The predicted octanol–water partition coefficient (Wildman–Crippen LogP) is 3.67. The summed E-state index contributed by atoms with van der Waals surface area (Å²) in [6.45, 7) is 4.38. The summed E-state index contributed by atoms with van der Waals surface area (Å²) in [5.74, 6) is 1.14. The molecule has 82 valence electrons. The summed E-state index contributed by atoms with van der Waals surface area (Å²) in [4.78, 5) is 0. The standard InChI is InChI=1S/C13H18FN/c1-9(2)13(10-7-8-10)15-12-6-4-3-5-11(12)14/h3-6,9-10,13,15H,7-8H2,1-2H3. The second-order valence-electron chi connectivity index (χ2n) is 4.73. The van der Waals surface area contributed by atoms with Gasteiger partial charge in [0.05, 0.1) is 5.69 Å². The van der Waals surface area contributed by atoms with Crippen LogP contribution in [0.2, 0.25) is 0 Å². The summed E-state index contributed by atoms with van der Waals surface area (Å²) in [7, 11) is 0. The van der Waals surface area contributed by atoms with Crippen LogP contribution in [-0.2, 0) is 0 Å². The molecule has 1 aliphatic rings. The Bertz CT molecular complexity index is 329. The number of hydrogen-bond donors (Lipinski definition) is 1. The fraction of sp³-hybridized carbons (Fsp3) is 0.538. The fourth-order valence-corrected chi connectivity index (χ4v) is 2.04. The van der Waals surface area contributed by atoms with Crippen molar-refractivity contribution in [2.75, 3.05) is 5.32 Å². The van der Waals surface area contributed by atoms with Crippen LogP contribution in [0.4, 0.5) is 10.1 Å². The first-order chi connectivity index (χ1) is 7.18. The zero-order valence-corrected chi connectivity index (χ0v) is 9.33. The van der Waals surface area contributed by atoms with E-state index in [9.17, 15) is 4.39 Å². The van der Waals surface area contributed by atoms with Crippen LogP contribution in [-0.4, -0.2) is 6.04 Å². The van der Waals surface area contributed by atoms with Gasteiger partial charge in [-0.15, -0.1) is 0 Å². The molecule has 2 rings (SSSR count). The third kappa shape index (κ3) is 2.49. The summed E-state index contributed by atoms with van der Waals surface area (Å²) < 4.78 is 13.4. The van der Waals surface area contributed by atoms with Gasteiger partial charge in [0.1, 0.15) is 5.82 Å². The summed E-state index contributed by atoms with van der Waals surface area (Å²) in [5, 5.41) is 3.33. The van der Waals surface area contributed by atoms with E-state index in [1.165, 1.54) is 18.9 Å². The molecule has 1 N–H and O–H groups in total. The van der Waals surface area contributed by atoms with E-state index in [1.54, 1.807) is 6.07 Å². The van der Waals surface area contributed by atoms with Crippen molar-refractivity contribution >= 4 is 5.69 Å². The van der Waals surface area contributed by atoms with E-state index >= 15 is 0 Å². The monoisotopic (exact) mass is 207 g/mol. The molecular weight excluding hydrogens is 189 g/mol. The van der Waals surface area contributed by atoms with E-state index in [4.69, 9.17) is 0 Å². The number of nitrogens with one attached hydrogen (secondary N) is 1. The number of rotatable bonds is 4. The van der Waals surface area contributed by atoms with Crippen LogP contribution in [0.5, 0.6) is 0 Å². The molecule has 0 bridgehead atoms. The maximum Gasteiger partial charge on any atom is 0.146 e. The van der Waals surface area contributed by atoms with E-state index in [0.29, 0.717) is 17.6 Å². The van der Waals surface area contributed by atoms with E-state index in [-0.39, 0.29) is 5.82 Å². The average molecular weight is 207 g/mol. The molecule has 1 atom stereocenters. The molecule has 1 nitrogen and oxygen atoms in total. The van der Waals surface area contributed by atoms with Gasteiger partial charge in [0.2, 0.25) is 0 Å². The van der Waals surface area contributed by atoms with Crippen molar-refractivity contribution in [1.82, 2.24) is 0 Å². The van der Waals surface area contributed by atoms with Gasteiger partial charge in [-0.25, -0.2) is 4.39 Å². The molecule has 0 radical (unpaired) electrons. The average Bonchev–Trinajstić information content (AvgIpc) is 2.99. The summed E-state index contributed by atoms with van der Waals surface area (Å²) in [6, 6.07) is 7.33. The Morgan fingerprint density at radius 1 is 1.27 bits per heavy atom. The highest BCUT2D eigenvalue weighted by molar-refractivity contribution is 5.45. The molecule has 1 unspecified atom stereocenters. The molecule has 2 heteroatoms. The van der Waals surface area contributed by atoms with E-state index < -0.39 is 0 Å². The lowest BCUT2D eigenvalue weighted by Gasteiger charge is -2.23. The van der Waals surface area contributed by atoms with Crippen LogP contribution < -0.4 is 5.32 Å². The molecule has 1 aromatic rings. The predicted molar refractivity (Wildman–Crippen MR) is 61.4 cm³/mol. The Hall–Kier alpha value is -1.05. The number of halogens is 1. The minimum atomic E-state index is -0.149. The normalized spacial score (nSPS) is 17.9. The van der Waals surface area contributed by atoms with Crippen LogP contribution in [0, 0.1) is 17.7 Å². The molecule has 1 fully saturated rings. The van der Waals surface area contributed by atoms with E-state index in [2.05, 4.69) is 19.2 Å². The molecule has 1 aliphatic carbocycles. The van der Waals surface area contributed by atoms with Crippen LogP contribution in [0.15, 0.2) is 24.3 Å². The fourth-order valence-electron chi connectivity index (χ4n) is 2.04. The third-order valence-corrected chi connectivity index (χ3v) is 3.04. The van der Waals surface area contributed by atoms with Gasteiger partial charge in [0, 0.05) is 6.04 Å². The molecule has 0 aromatic heterocycles. The largest absolute Gasteiger partial charge is 0.379 e. The first-order valence-corrected chi connectivity index (χ1v) is 5.69. The Balaban J connectivity index is 2.08. The van der Waals surface area contributed by atoms with Crippen molar-refractivity contribution in [3.05, 3.63) is 30.1 Å². The Labute approximate surface area is 90.7 Å². The molecule has 0 saturated heterocycles. The van der Waals surface area contributed by atoms with Gasteiger partial charge in [0.15, 0.2) is 0 Å². The van der Waals surface area contributed by atoms with Gasteiger partial charge in [-0.2, -0.15) is 0 Å². The van der Waals surface area contributed by atoms with Crippen molar-refractivity contribution in [3.63, 3.8) is 0 Å². The van der Waals surface area contributed by atoms with Gasteiger partial charge in [-0.05, 0) is 36.8 Å². The molecule has 0 spiro atoms. The van der Waals surface area contributed by atoms with E-state index in [0.717, 1.165) is 5.92 Å². The molecule has 1 saturated carbocycles. The maximum absolute atomic E-state index is 13.4. The molecule has 0 aliphatic heterocycles. The lowest BCUT2D eigenvalue weighted by molar-refractivity contribution is 0.473. The molecule has 0 heterocycles. The lowest BCUT2D eigenvalue weighted by atomic mass is 9.99. The SMILES string of the molecule is CC(C)C(Nc1ccccc1F)C1CC1. The van der Waals surface area contributed by atoms with Crippen LogP contribution >= 0.6 is 0 Å². The van der Waals surface area contributed by atoms with Crippen molar-refractivity contribution in [2.45, 2.75) is 32.7 Å². The smallest absolute Gasteiger partial charge is 0.146 e. The van der Waals surface area contributed by atoms with Crippen molar-refractivity contribution in [2.24, 2.45) is 11.8 Å². The summed E-state index contributed by atoms with van der Waals surface area (Å²) >= 11 is 0. The summed E-state index contributed by atoms with van der Waals surface area (Å²) in [5.41, 5.74) is 0.642. The number of para-hydroxylation sites is 1. The van der Waals surface area contributed by atoms with Gasteiger partial charge < -0.3 is 5.32 Å². The first kappa shape index (κ1) is 10.5. The lowest BCUT2D eigenvalue weighted by Crippen LogP contribution is -2.28. The minimum Gasteiger partial charge on any atom is -0.379 e. The summed E-state index contributed by atoms with van der Waals surface area (Å²) in [6.07, 6.45) is 2.56. The Morgan fingerprint density at radius 3 is 2.47 bits per heavy atom. The number of hydrogen-bond acceptors (Lipinski definition) is 1. The Morgan fingerprint density at radius 2 is 1.93 bits per heavy atom. The topological polar surface area (TPSA) is 12.0 Å². The van der Waals surface area contributed by atoms with Gasteiger partial charge >= 0.3 is 0 Å². The van der Waals surface area contributed by atoms with Crippen molar-refractivity contribution in [1.29, 1.82) is 0 Å². The molecular formula is C13H18FN. The maximum atomic E-state index is 13.4. The van der Waals surface area contributed by atoms with Gasteiger partial charge in [0.25, 0.3) is 0 Å². The van der Waals surface area contributed by atoms with Crippen LogP contribution in [0.1, 0.15) is 26.7 Å². The second kappa shape index (κ2) is 4.21. The zero-order chi connectivity index (χ0) is 10.8. The van der Waals surface area contributed by atoms with Crippen LogP contribution in [0.3, 0.4) is 0 Å². The minimum absolute atomic E-state index is 0.149. The highest BCUT2D eigenvalue weighted by atomic mass is 19.1. The number of benzene rings is 1. The second-order valence-corrected chi connectivity index (χ2v) is 4.73. The quantitative estimate of drug-likeness (QED) is 0.794. The first-order valence-electron chi connectivity index (χ1n) is 5.69. The number of anilines is 1. The van der Waals surface area contributed by atoms with Gasteiger partial charge in [-0.1, -0.05) is 26.0 Å². The van der Waals surface area contributed by atoms with Crippen molar-refractivity contribution < 1.29 is 4.39 Å². The molecule has 15 heavy (non-hydrogen) atoms. The third-order valence-electron chi connectivity index (χ3n) is 3.04. The Kier molecular flexibility index (Phi) is 2.94. The highest BCUT2D eigenvalue weighted by Crippen LogP contribution is 2.37. The van der Waals surface area contributed by atoms with Crippen LogP contribution in [0.25, 0.3) is 0 Å². The molecule has 0 amide bonds. The zero-order valence-electron chi connectivity index (χ0n) is 9.33. The van der Waals surface area contributed by atoms with Gasteiger partial charge in [-0.3, -0.25) is 0 Å².